The Kier molecular flexibility index (Phi) is 4.38. The van der Waals surface area contributed by atoms with Crippen molar-refractivity contribution >= 4 is 17.4 Å². The van der Waals surface area contributed by atoms with E-state index in [-0.39, 0.29) is 6.10 Å². The first-order valence-electron chi connectivity index (χ1n) is 7.13. The van der Waals surface area contributed by atoms with Crippen LogP contribution in [0.15, 0.2) is 24.7 Å². The minimum atomic E-state index is -0.392. The van der Waals surface area contributed by atoms with Crippen LogP contribution in [0.5, 0.6) is 5.88 Å². The maximum atomic E-state index is 13.9. The maximum absolute atomic E-state index is 13.9. The third-order valence-electron chi connectivity index (χ3n) is 3.55. The molecule has 0 aliphatic carbocycles. The van der Waals surface area contributed by atoms with Gasteiger partial charge >= 0.3 is 0 Å². The largest absolute Gasteiger partial charge is 0.473 e. The molecule has 3 rings (SSSR count). The van der Waals surface area contributed by atoms with Crippen LogP contribution in [-0.4, -0.2) is 34.1 Å². The Balaban J connectivity index is 1.60. The predicted molar refractivity (Wildman–Crippen MR) is 81.8 cm³/mol. The number of rotatable bonds is 3. The molecule has 0 radical (unpaired) electrons. The quantitative estimate of drug-likeness (QED) is 0.869. The van der Waals surface area contributed by atoms with E-state index >= 15 is 0 Å². The van der Waals surface area contributed by atoms with Crippen LogP contribution >= 0.6 is 11.6 Å². The summed E-state index contributed by atoms with van der Waals surface area (Å²) in [4.78, 5) is 14.3. The van der Waals surface area contributed by atoms with Gasteiger partial charge in [-0.2, -0.15) is 0 Å². The van der Waals surface area contributed by atoms with Crippen LogP contribution in [0.1, 0.15) is 18.5 Å². The normalized spacial score (nSPS) is 15.9. The molecule has 0 unspecified atom stereocenters. The molecule has 3 heterocycles. The third-order valence-corrected chi connectivity index (χ3v) is 3.76. The molecule has 0 saturated carbocycles. The Morgan fingerprint density at radius 2 is 2.05 bits per heavy atom. The monoisotopic (exact) mass is 322 g/mol. The van der Waals surface area contributed by atoms with Crippen molar-refractivity contribution in [2.75, 3.05) is 18.0 Å². The van der Waals surface area contributed by atoms with Crippen LogP contribution in [-0.2, 0) is 0 Å². The molecule has 0 amide bonds. The second-order valence-electron chi connectivity index (χ2n) is 5.26. The Bertz CT molecular complexity index is 662. The number of pyridine rings is 1. The molecule has 2 aromatic heterocycles. The van der Waals surface area contributed by atoms with Crippen molar-refractivity contribution in [3.8, 4) is 5.88 Å². The van der Waals surface area contributed by atoms with Gasteiger partial charge in [0.1, 0.15) is 6.10 Å². The lowest BCUT2D eigenvalue weighted by Crippen LogP contribution is -2.39. The molecule has 22 heavy (non-hydrogen) atoms. The fraction of sp³-hybridized carbons (Fsp3) is 0.400. The Morgan fingerprint density at radius 3 is 2.73 bits per heavy atom. The van der Waals surface area contributed by atoms with E-state index in [4.69, 9.17) is 16.3 Å². The zero-order valence-electron chi connectivity index (χ0n) is 12.2. The molecule has 0 bridgehead atoms. The predicted octanol–water partition coefficient (Wildman–Crippen LogP) is 3.02. The van der Waals surface area contributed by atoms with E-state index in [9.17, 15) is 4.39 Å². The molecule has 1 fully saturated rings. The molecule has 0 aromatic carbocycles. The number of halogens is 2. The Hall–Kier alpha value is -1.95. The van der Waals surface area contributed by atoms with Crippen molar-refractivity contribution in [1.29, 1.82) is 0 Å². The molecular weight excluding hydrogens is 307 g/mol. The van der Waals surface area contributed by atoms with Gasteiger partial charge in [0, 0.05) is 38.3 Å². The summed E-state index contributed by atoms with van der Waals surface area (Å²) >= 11 is 5.73. The Labute approximate surface area is 133 Å². The standard InChI is InChI=1S/C15H16ClFN4O/c1-10-7-18-9-14(20-10)22-12-2-4-21(5-3-12)15-13(17)6-11(16)8-19-15/h6-9,12H,2-5H2,1H3. The summed E-state index contributed by atoms with van der Waals surface area (Å²) in [5, 5.41) is 0.303. The second-order valence-corrected chi connectivity index (χ2v) is 5.70. The first-order valence-corrected chi connectivity index (χ1v) is 7.51. The highest BCUT2D eigenvalue weighted by molar-refractivity contribution is 6.30. The number of ether oxygens (including phenoxy) is 1. The lowest BCUT2D eigenvalue weighted by Gasteiger charge is -2.32. The molecule has 7 heteroatoms. The molecule has 0 atom stereocenters. The SMILES string of the molecule is Cc1cncc(OC2CCN(c3ncc(Cl)cc3F)CC2)n1. The molecule has 1 aliphatic heterocycles. The summed E-state index contributed by atoms with van der Waals surface area (Å²) in [6.45, 7) is 3.22. The topological polar surface area (TPSA) is 51.1 Å². The lowest BCUT2D eigenvalue weighted by atomic mass is 10.1. The van der Waals surface area contributed by atoms with Gasteiger partial charge in [-0.1, -0.05) is 11.6 Å². The van der Waals surface area contributed by atoms with E-state index in [2.05, 4.69) is 15.0 Å². The fourth-order valence-corrected chi connectivity index (χ4v) is 2.64. The minimum absolute atomic E-state index is 0.0581. The van der Waals surface area contributed by atoms with E-state index in [0.717, 1.165) is 18.5 Å². The van der Waals surface area contributed by atoms with Gasteiger partial charge < -0.3 is 9.64 Å². The number of piperidine rings is 1. The third kappa shape index (κ3) is 3.44. The zero-order chi connectivity index (χ0) is 15.5. The molecule has 2 aromatic rings. The highest BCUT2D eigenvalue weighted by Crippen LogP contribution is 2.24. The number of nitrogens with zero attached hydrogens (tertiary/aromatic N) is 4. The summed E-state index contributed by atoms with van der Waals surface area (Å²) in [6, 6.07) is 1.29. The van der Waals surface area contributed by atoms with Crippen LogP contribution in [0.2, 0.25) is 5.02 Å². The smallest absolute Gasteiger partial charge is 0.232 e. The fourth-order valence-electron chi connectivity index (χ4n) is 2.49. The van der Waals surface area contributed by atoms with Gasteiger partial charge in [-0.3, -0.25) is 4.98 Å². The van der Waals surface area contributed by atoms with Crippen molar-refractivity contribution in [2.45, 2.75) is 25.9 Å². The van der Waals surface area contributed by atoms with Crippen molar-refractivity contribution in [3.63, 3.8) is 0 Å². The summed E-state index contributed by atoms with van der Waals surface area (Å²) in [7, 11) is 0. The first kappa shape index (κ1) is 15.0. The van der Waals surface area contributed by atoms with E-state index < -0.39 is 5.82 Å². The molecule has 5 nitrogen and oxygen atoms in total. The second kappa shape index (κ2) is 6.44. The summed E-state index contributed by atoms with van der Waals surface area (Å²) < 4.78 is 19.7. The van der Waals surface area contributed by atoms with E-state index in [1.807, 2.05) is 11.8 Å². The minimum Gasteiger partial charge on any atom is -0.473 e. The van der Waals surface area contributed by atoms with Gasteiger partial charge in [0.05, 0.1) is 16.9 Å². The van der Waals surface area contributed by atoms with Crippen molar-refractivity contribution in [3.05, 3.63) is 41.2 Å². The molecule has 0 spiro atoms. The number of hydrogen-bond acceptors (Lipinski definition) is 5. The molecule has 116 valence electrons. The van der Waals surface area contributed by atoms with Crippen molar-refractivity contribution < 1.29 is 9.13 Å². The number of aryl methyl sites for hydroxylation is 1. The van der Waals surface area contributed by atoms with E-state index in [0.29, 0.717) is 29.8 Å². The number of hydrogen-bond donors (Lipinski definition) is 0. The Morgan fingerprint density at radius 1 is 1.27 bits per heavy atom. The van der Waals surface area contributed by atoms with E-state index in [1.54, 1.807) is 12.4 Å². The highest BCUT2D eigenvalue weighted by Gasteiger charge is 2.23. The van der Waals surface area contributed by atoms with Gasteiger partial charge in [-0.25, -0.2) is 14.4 Å². The highest BCUT2D eigenvalue weighted by atomic mass is 35.5. The van der Waals surface area contributed by atoms with Gasteiger partial charge in [0.2, 0.25) is 5.88 Å². The van der Waals surface area contributed by atoms with Crippen LogP contribution in [0, 0.1) is 12.7 Å². The van der Waals surface area contributed by atoms with Crippen molar-refractivity contribution in [1.82, 2.24) is 15.0 Å². The average Bonchev–Trinajstić information content (AvgIpc) is 2.48. The van der Waals surface area contributed by atoms with E-state index in [1.165, 1.54) is 12.3 Å². The van der Waals surface area contributed by atoms with Crippen molar-refractivity contribution in [2.24, 2.45) is 0 Å². The maximum Gasteiger partial charge on any atom is 0.232 e. The average molecular weight is 323 g/mol. The van der Waals surface area contributed by atoms with Crippen LogP contribution in [0.4, 0.5) is 10.2 Å². The van der Waals surface area contributed by atoms with Gasteiger partial charge in [-0.05, 0) is 13.0 Å². The lowest BCUT2D eigenvalue weighted by molar-refractivity contribution is 0.162. The molecule has 1 saturated heterocycles. The molecule has 0 N–H and O–H groups in total. The summed E-state index contributed by atoms with van der Waals surface area (Å²) in [6.07, 6.45) is 6.37. The zero-order valence-corrected chi connectivity index (χ0v) is 12.9. The first-order chi connectivity index (χ1) is 10.6. The van der Waals surface area contributed by atoms with Gasteiger partial charge in [0.25, 0.3) is 0 Å². The summed E-state index contributed by atoms with van der Waals surface area (Å²) in [5.74, 6) is 0.490. The summed E-state index contributed by atoms with van der Waals surface area (Å²) in [5.41, 5.74) is 0.822. The number of aromatic nitrogens is 3. The molecule has 1 aliphatic rings. The van der Waals surface area contributed by atoms with Crippen LogP contribution in [0.25, 0.3) is 0 Å². The van der Waals surface area contributed by atoms with Gasteiger partial charge in [-0.15, -0.1) is 0 Å². The van der Waals surface area contributed by atoms with Crippen LogP contribution in [0.3, 0.4) is 0 Å². The van der Waals surface area contributed by atoms with Gasteiger partial charge in [0.15, 0.2) is 11.6 Å². The molecular formula is C15H16ClFN4O. The van der Waals surface area contributed by atoms with Crippen LogP contribution < -0.4 is 9.64 Å². The number of anilines is 1.